The number of Topliss-reactive ketones (excluding diaryl/α,β-unsaturated/α-hetero) is 1. The fraction of sp³-hybridized carbons (Fsp3) is 0.286. The van der Waals surface area contributed by atoms with Gasteiger partial charge in [-0.2, -0.15) is 0 Å². The number of hydrogen-bond donors (Lipinski definition) is 1. The topological polar surface area (TPSA) is 50.2 Å². The van der Waals surface area contributed by atoms with Gasteiger partial charge in [-0.1, -0.05) is 31.5 Å². The summed E-state index contributed by atoms with van der Waals surface area (Å²) in [6.45, 7) is 1.95. The number of rotatable bonds is 4. The van der Waals surface area contributed by atoms with Crippen molar-refractivity contribution in [1.29, 1.82) is 0 Å². The van der Waals surface area contributed by atoms with E-state index in [1.165, 1.54) is 0 Å². The highest BCUT2D eigenvalue weighted by molar-refractivity contribution is 6.09. The molecule has 1 heterocycles. The Bertz CT molecular complexity index is 531. The number of nitrogens with zero attached hydrogens (tertiary/aromatic N) is 1. The Hall–Kier alpha value is -1.74. The van der Waals surface area contributed by atoms with Crippen molar-refractivity contribution in [3.63, 3.8) is 0 Å². The summed E-state index contributed by atoms with van der Waals surface area (Å²) < 4.78 is 0. The van der Waals surface area contributed by atoms with Crippen molar-refractivity contribution in [2.45, 2.75) is 25.9 Å². The third-order valence-electron chi connectivity index (χ3n) is 2.81. The lowest BCUT2D eigenvalue weighted by Gasteiger charge is -2.10. The molecule has 17 heavy (non-hydrogen) atoms. The van der Waals surface area contributed by atoms with Crippen LogP contribution in [0.3, 0.4) is 0 Å². The molecule has 1 atom stereocenters. The first kappa shape index (κ1) is 11.7. The second kappa shape index (κ2) is 5.06. The maximum atomic E-state index is 12.1. The number of hydrogen-bond acceptors (Lipinski definition) is 3. The first-order valence-electron chi connectivity index (χ1n) is 5.79. The molecule has 0 spiro atoms. The van der Waals surface area contributed by atoms with Gasteiger partial charge in [0, 0.05) is 23.3 Å². The average molecular weight is 229 g/mol. The molecule has 0 fully saturated rings. The molecule has 0 aliphatic rings. The number of carbonyl (C=O) groups is 1. The van der Waals surface area contributed by atoms with Gasteiger partial charge in [-0.15, -0.1) is 0 Å². The van der Waals surface area contributed by atoms with Gasteiger partial charge in [0.25, 0.3) is 0 Å². The smallest absolute Gasteiger partial charge is 0.191 e. The molecule has 0 aliphatic heterocycles. The van der Waals surface area contributed by atoms with Crippen LogP contribution in [0.5, 0.6) is 0 Å². The van der Waals surface area contributed by atoms with E-state index in [9.17, 15) is 9.90 Å². The normalized spacial score (nSPS) is 12.6. The summed E-state index contributed by atoms with van der Waals surface area (Å²) in [6, 6.07) is 7.28. The molecule has 3 nitrogen and oxygen atoms in total. The summed E-state index contributed by atoms with van der Waals surface area (Å²) in [7, 11) is 0. The second-order valence-corrected chi connectivity index (χ2v) is 4.07. The Morgan fingerprint density at radius 1 is 1.41 bits per heavy atom. The SMILES string of the molecule is CCCC(O)C(=O)c1cccc2cnccc12. The summed E-state index contributed by atoms with van der Waals surface area (Å²) in [5.74, 6) is -0.205. The standard InChI is InChI=1S/C14H15NO2/c1-2-4-13(16)14(17)12-6-3-5-10-9-15-8-7-11(10)12/h3,5-9,13,16H,2,4H2,1H3. The van der Waals surface area contributed by atoms with Crippen LogP contribution in [-0.2, 0) is 0 Å². The van der Waals surface area contributed by atoms with Crippen LogP contribution in [0, 0.1) is 0 Å². The summed E-state index contributed by atoms with van der Waals surface area (Å²) in [5.41, 5.74) is 0.575. The van der Waals surface area contributed by atoms with Crippen LogP contribution in [0.4, 0.5) is 0 Å². The van der Waals surface area contributed by atoms with Crippen LogP contribution in [0.25, 0.3) is 10.8 Å². The minimum absolute atomic E-state index is 0.205. The van der Waals surface area contributed by atoms with Gasteiger partial charge in [0.15, 0.2) is 5.78 Å². The number of aromatic nitrogens is 1. The zero-order valence-corrected chi connectivity index (χ0v) is 9.76. The predicted octanol–water partition coefficient (Wildman–Crippen LogP) is 2.58. The molecule has 88 valence electrons. The second-order valence-electron chi connectivity index (χ2n) is 4.07. The van der Waals surface area contributed by atoms with Crippen LogP contribution in [-0.4, -0.2) is 22.0 Å². The molecule has 0 amide bonds. The molecular formula is C14H15NO2. The highest BCUT2D eigenvalue weighted by Gasteiger charge is 2.17. The number of carbonyl (C=O) groups excluding carboxylic acids is 1. The molecule has 1 aromatic carbocycles. The van der Waals surface area contributed by atoms with Gasteiger partial charge < -0.3 is 5.11 Å². The van der Waals surface area contributed by atoms with Crippen LogP contribution >= 0.6 is 0 Å². The Morgan fingerprint density at radius 3 is 3.00 bits per heavy atom. The fourth-order valence-electron chi connectivity index (χ4n) is 1.92. The highest BCUT2D eigenvalue weighted by Crippen LogP contribution is 2.19. The van der Waals surface area contributed by atoms with Crippen LogP contribution < -0.4 is 0 Å². The average Bonchev–Trinajstić information content (AvgIpc) is 2.37. The zero-order chi connectivity index (χ0) is 12.3. The number of fused-ring (bicyclic) bond motifs is 1. The number of ketones is 1. The molecule has 1 aromatic heterocycles. The van der Waals surface area contributed by atoms with Gasteiger partial charge in [0.1, 0.15) is 6.10 Å². The van der Waals surface area contributed by atoms with E-state index >= 15 is 0 Å². The third kappa shape index (κ3) is 2.34. The number of benzene rings is 1. The number of aliphatic hydroxyl groups excluding tert-OH is 1. The summed E-state index contributed by atoms with van der Waals surface area (Å²) >= 11 is 0. The van der Waals surface area contributed by atoms with E-state index in [1.54, 1.807) is 24.5 Å². The van der Waals surface area contributed by atoms with Crippen molar-refractivity contribution in [2.24, 2.45) is 0 Å². The van der Waals surface area contributed by atoms with Gasteiger partial charge in [-0.3, -0.25) is 9.78 Å². The van der Waals surface area contributed by atoms with Crippen molar-refractivity contribution in [1.82, 2.24) is 4.98 Å². The summed E-state index contributed by atoms with van der Waals surface area (Å²) in [5, 5.41) is 11.5. The zero-order valence-electron chi connectivity index (χ0n) is 9.76. The molecule has 1 N–H and O–H groups in total. The van der Waals surface area contributed by atoms with E-state index in [0.717, 1.165) is 17.2 Å². The molecular weight excluding hydrogens is 214 g/mol. The van der Waals surface area contributed by atoms with Gasteiger partial charge in [0.2, 0.25) is 0 Å². The molecule has 2 rings (SSSR count). The van der Waals surface area contributed by atoms with Crippen molar-refractivity contribution in [3.8, 4) is 0 Å². The van der Waals surface area contributed by atoms with Crippen molar-refractivity contribution in [2.75, 3.05) is 0 Å². The van der Waals surface area contributed by atoms with Gasteiger partial charge in [0.05, 0.1) is 0 Å². The minimum Gasteiger partial charge on any atom is -0.385 e. The first-order chi connectivity index (χ1) is 8.24. The maximum absolute atomic E-state index is 12.1. The molecule has 0 bridgehead atoms. The predicted molar refractivity (Wildman–Crippen MR) is 67.0 cm³/mol. The van der Waals surface area contributed by atoms with E-state index in [0.29, 0.717) is 12.0 Å². The minimum atomic E-state index is -0.904. The quantitative estimate of drug-likeness (QED) is 0.820. The largest absolute Gasteiger partial charge is 0.385 e. The molecule has 3 heteroatoms. The lowest BCUT2D eigenvalue weighted by Crippen LogP contribution is -2.20. The third-order valence-corrected chi connectivity index (χ3v) is 2.81. The van der Waals surface area contributed by atoms with Crippen molar-refractivity contribution in [3.05, 3.63) is 42.2 Å². The molecule has 0 radical (unpaired) electrons. The van der Waals surface area contributed by atoms with E-state index in [-0.39, 0.29) is 5.78 Å². The van der Waals surface area contributed by atoms with E-state index in [2.05, 4.69) is 4.98 Å². The van der Waals surface area contributed by atoms with Crippen molar-refractivity contribution >= 4 is 16.6 Å². The molecule has 1 unspecified atom stereocenters. The fourth-order valence-corrected chi connectivity index (χ4v) is 1.92. The Morgan fingerprint density at radius 2 is 2.24 bits per heavy atom. The van der Waals surface area contributed by atoms with Gasteiger partial charge >= 0.3 is 0 Å². The Kier molecular flexibility index (Phi) is 3.49. The highest BCUT2D eigenvalue weighted by atomic mass is 16.3. The molecule has 0 saturated carbocycles. The van der Waals surface area contributed by atoms with Gasteiger partial charge in [-0.25, -0.2) is 0 Å². The summed E-state index contributed by atoms with van der Waals surface area (Å²) in [4.78, 5) is 16.1. The molecule has 2 aromatic rings. The molecule has 0 aliphatic carbocycles. The Labute approximate surface area is 100 Å². The van der Waals surface area contributed by atoms with Gasteiger partial charge in [-0.05, 0) is 17.9 Å². The number of aliphatic hydroxyl groups is 1. The monoisotopic (exact) mass is 229 g/mol. The lowest BCUT2D eigenvalue weighted by atomic mass is 9.98. The van der Waals surface area contributed by atoms with Crippen LogP contribution in [0.1, 0.15) is 30.1 Å². The van der Waals surface area contributed by atoms with Crippen molar-refractivity contribution < 1.29 is 9.90 Å². The van der Waals surface area contributed by atoms with Crippen LogP contribution in [0.2, 0.25) is 0 Å². The maximum Gasteiger partial charge on any atom is 0.191 e. The lowest BCUT2D eigenvalue weighted by molar-refractivity contribution is 0.0731. The number of pyridine rings is 1. The van der Waals surface area contributed by atoms with Crippen LogP contribution in [0.15, 0.2) is 36.7 Å². The van der Waals surface area contributed by atoms with E-state index in [4.69, 9.17) is 0 Å². The Balaban J connectivity index is 2.45. The first-order valence-corrected chi connectivity index (χ1v) is 5.79. The molecule has 0 saturated heterocycles. The van der Waals surface area contributed by atoms with E-state index in [1.807, 2.05) is 19.1 Å². The summed E-state index contributed by atoms with van der Waals surface area (Å²) in [6.07, 6.45) is 3.77. The van der Waals surface area contributed by atoms with E-state index < -0.39 is 6.10 Å².